The van der Waals surface area contributed by atoms with Gasteiger partial charge in [0.2, 0.25) is 0 Å². The zero-order valence-corrected chi connectivity index (χ0v) is 15.0. The van der Waals surface area contributed by atoms with E-state index in [4.69, 9.17) is 20.9 Å². The van der Waals surface area contributed by atoms with E-state index in [1.54, 1.807) is 29.7 Å². The first-order chi connectivity index (χ1) is 12.1. The van der Waals surface area contributed by atoms with Gasteiger partial charge in [-0.05, 0) is 35.7 Å². The molecule has 3 rings (SSSR count). The van der Waals surface area contributed by atoms with E-state index in [2.05, 4.69) is 20.8 Å². The fraction of sp³-hybridized carbons (Fsp3) is 0.235. The number of carbonyl (C=O) groups is 1. The van der Waals surface area contributed by atoms with Crippen LogP contribution in [0.15, 0.2) is 45.9 Å². The molecule has 0 saturated carbocycles. The highest BCUT2D eigenvalue weighted by Crippen LogP contribution is 2.17. The van der Waals surface area contributed by atoms with Crippen molar-refractivity contribution >= 4 is 28.8 Å². The van der Waals surface area contributed by atoms with Gasteiger partial charge >= 0.3 is 0 Å². The Bertz CT molecular complexity index is 835. The van der Waals surface area contributed by atoms with Crippen LogP contribution in [0.1, 0.15) is 28.7 Å². The number of nitrogens with one attached hydrogen (secondary N) is 1. The Hall–Kier alpha value is -2.38. The molecular weight excluding hydrogens is 362 g/mol. The summed E-state index contributed by atoms with van der Waals surface area (Å²) in [5.74, 6) is 0.678. The molecule has 0 bridgehead atoms. The Morgan fingerprint density at radius 3 is 3.08 bits per heavy atom. The molecule has 6 nitrogen and oxygen atoms in total. The molecule has 3 aromatic heterocycles. The molecule has 3 aromatic rings. The fourth-order valence-corrected chi connectivity index (χ4v) is 3.07. The van der Waals surface area contributed by atoms with Crippen LogP contribution < -0.4 is 10.1 Å². The SMILES string of the molecule is CC(Cc1ccsc1)NC(=O)c1cc(COc2cncc(Cl)c2)on1. The summed E-state index contributed by atoms with van der Waals surface area (Å²) in [6, 6.07) is 5.25. The van der Waals surface area contributed by atoms with Crippen molar-refractivity contribution in [3.05, 3.63) is 63.4 Å². The number of halogens is 1. The smallest absolute Gasteiger partial charge is 0.273 e. The highest BCUT2D eigenvalue weighted by atomic mass is 35.5. The molecule has 0 aromatic carbocycles. The van der Waals surface area contributed by atoms with Gasteiger partial charge in [0.25, 0.3) is 5.91 Å². The Morgan fingerprint density at radius 2 is 2.32 bits per heavy atom. The van der Waals surface area contributed by atoms with Gasteiger partial charge in [-0.2, -0.15) is 11.3 Å². The maximum atomic E-state index is 12.2. The van der Waals surface area contributed by atoms with E-state index >= 15 is 0 Å². The van der Waals surface area contributed by atoms with Crippen molar-refractivity contribution in [2.75, 3.05) is 0 Å². The molecule has 25 heavy (non-hydrogen) atoms. The van der Waals surface area contributed by atoms with Crippen molar-refractivity contribution in [3.8, 4) is 5.75 Å². The minimum atomic E-state index is -0.276. The topological polar surface area (TPSA) is 77.2 Å². The minimum Gasteiger partial charge on any atom is -0.484 e. The molecule has 8 heteroatoms. The summed E-state index contributed by atoms with van der Waals surface area (Å²) in [5.41, 5.74) is 1.42. The maximum Gasteiger partial charge on any atom is 0.273 e. The lowest BCUT2D eigenvalue weighted by Crippen LogP contribution is -2.34. The number of aromatic nitrogens is 2. The number of carbonyl (C=O) groups excluding carboxylic acids is 1. The van der Waals surface area contributed by atoms with Crippen LogP contribution in [0.5, 0.6) is 5.75 Å². The third-order valence-corrected chi connectivity index (χ3v) is 4.29. The van der Waals surface area contributed by atoms with Crippen LogP contribution in [0.2, 0.25) is 5.02 Å². The van der Waals surface area contributed by atoms with Crippen molar-refractivity contribution in [2.45, 2.75) is 26.0 Å². The molecule has 0 saturated heterocycles. The number of ether oxygens (including phenoxy) is 1. The van der Waals surface area contributed by atoms with Crippen LogP contribution in [0, 0.1) is 0 Å². The number of rotatable bonds is 7. The third-order valence-electron chi connectivity index (χ3n) is 3.35. The quantitative estimate of drug-likeness (QED) is 0.678. The average Bonchev–Trinajstić information content (AvgIpc) is 3.24. The van der Waals surface area contributed by atoms with Gasteiger partial charge in [-0.3, -0.25) is 9.78 Å². The summed E-state index contributed by atoms with van der Waals surface area (Å²) >= 11 is 7.48. The largest absolute Gasteiger partial charge is 0.484 e. The molecule has 1 amide bonds. The van der Waals surface area contributed by atoms with Gasteiger partial charge in [-0.15, -0.1) is 0 Å². The van der Waals surface area contributed by atoms with Crippen LogP contribution in [0.3, 0.4) is 0 Å². The van der Waals surface area contributed by atoms with Crippen molar-refractivity contribution < 1.29 is 14.1 Å². The standard InChI is InChI=1S/C17H16ClN3O3S/c1-11(4-12-2-3-25-10-12)20-17(22)16-6-15(24-21-16)9-23-14-5-13(18)7-19-8-14/h2-3,5-8,10-11H,4,9H2,1H3,(H,20,22). The van der Waals surface area contributed by atoms with E-state index in [9.17, 15) is 4.79 Å². The zero-order chi connectivity index (χ0) is 17.6. The lowest BCUT2D eigenvalue weighted by molar-refractivity contribution is 0.0930. The van der Waals surface area contributed by atoms with E-state index in [-0.39, 0.29) is 24.2 Å². The molecule has 1 atom stereocenters. The monoisotopic (exact) mass is 377 g/mol. The molecule has 1 unspecified atom stereocenters. The third kappa shape index (κ3) is 5.04. The summed E-state index contributed by atoms with van der Waals surface area (Å²) in [5, 5.41) is 11.3. The Kier molecular flexibility index (Phi) is 5.67. The number of amides is 1. The number of nitrogens with zero attached hydrogens (tertiary/aromatic N) is 2. The number of pyridine rings is 1. The van der Waals surface area contributed by atoms with Gasteiger partial charge < -0.3 is 14.6 Å². The van der Waals surface area contributed by atoms with Crippen molar-refractivity contribution in [3.63, 3.8) is 0 Å². The number of thiophene rings is 1. The highest BCUT2D eigenvalue weighted by Gasteiger charge is 2.15. The summed E-state index contributed by atoms with van der Waals surface area (Å²) < 4.78 is 10.6. The van der Waals surface area contributed by atoms with E-state index in [0.29, 0.717) is 16.5 Å². The molecular formula is C17H16ClN3O3S. The summed E-state index contributed by atoms with van der Waals surface area (Å²) in [6.45, 7) is 2.08. The molecule has 0 aliphatic carbocycles. The molecule has 0 aliphatic rings. The maximum absolute atomic E-state index is 12.2. The Labute approximate surface area is 153 Å². The lowest BCUT2D eigenvalue weighted by atomic mass is 10.1. The van der Waals surface area contributed by atoms with Gasteiger partial charge in [0.15, 0.2) is 11.5 Å². The second-order valence-corrected chi connectivity index (χ2v) is 6.73. The van der Waals surface area contributed by atoms with Crippen molar-refractivity contribution in [1.82, 2.24) is 15.5 Å². The van der Waals surface area contributed by atoms with E-state index < -0.39 is 0 Å². The average molecular weight is 378 g/mol. The summed E-state index contributed by atoms with van der Waals surface area (Å²) in [4.78, 5) is 16.1. The molecule has 0 aliphatic heterocycles. The van der Waals surface area contributed by atoms with E-state index in [1.165, 1.54) is 11.8 Å². The summed E-state index contributed by atoms with van der Waals surface area (Å²) in [6.07, 6.45) is 3.83. The van der Waals surface area contributed by atoms with Crippen LogP contribution >= 0.6 is 22.9 Å². The number of hydrogen-bond donors (Lipinski definition) is 1. The minimum absolute atomic E-state index is 0.00367. The molecule has 130 valence electrons. The van der Waals surface area contributed by atoms with Gasteiger partial charge in [0.05, 0.1) is 11.2 Å². The summed E-state index contributed by atoms with van der Waals surface area (Å²) in [7, 11) is 0. The second kappa shape index (κ2) is 8.13. The highest BCUT2D eigenvalue weighted by molar-refractivity contribution is 7.07. The van der Waals surface area contributed by atoms with Gasteiger partial charge in [-0.25, -0.2) is 0 Å². The second-order valence-electron chi connectivity index (χ2n) is 5.52. The zero-order valence-electron chi connectivity index (χ0n) is 13.4. The van der Waals surface area contributed by atoms with Crippen LogP contribution in [0.25, 0.3) is 0 Å². The Morgan fingerprint density at radius 1 is 1.44 bits per heavy atom. The first-order valence-corrected chi connectivity index (χ1v) is 8.93. The Balaban J connectivity index is 1.52. The van der Waals surface area contributed by atoms with Crippen LogP contribution in [-0.2, 0) is 13.0 Å². The molecule has 0 spiro atoms. The van der Waals surface area contributed by atoms with Gasteiger partial charge in [0.1, 0.15) is 12.4 Å². The fourth-order valence-electron chi connectivity index (χ4n) is 2.22. The lowest BCUT2D eigenvalue weighted by Gasteiger charge is -2.11. The predicted octanol–water partition coefficient (Wildman–Crippen LogP) is 3.72. The predicted molar refractivity (Wildman–Crippen MR) is 95.0 cm³/mol. The van der Waals surface area contributed by atoms with Crippen LogP contribution in [-0.4, -0.2) is 22.1 Å². The van der Waals surface area contributed by atoms with Crippen LogP contribution in [0.4, 0.5) is 0 Å². The normalized spacial score (nSPS) is 11.9. The molecule has 0 radical (unpaired) electrons. The van der Waals surface area contributed by atoms with Gasteiger partial charge in [-0.1, -0.05) is 16.8 Å². The van der Waals surface area contributed by atoms with Gasteiger partial charge in [0, 0.05) is 24.4 Å². The molecule has 3 heterocycles. The van der Waals surface area contributed by atoms with E-state index in [1.807, 2.05) is 18.4 Å². The first kappa shape index (κ1) is 17.4. The van der Waals surface area contributed by atoms with Crippen molar-refractivity contribution in [2.24, 2.45) is 0 Å². The van der Waals surface area contributed by atoms with E-state index in [0.717, 1.165) is 6.42 Å². The number of hydrogen-bond acceptors (Lipinski definition) is 6. The van der Waals surface area contributed by atoms with Crippen molar-refractivity contribution in [1.29, 1.82) is 0 Å². The molecule has 0 fully saturated rings. The first-order valence-electron chi connectivity index (χ1n) is 7.61. The molecule has 1 N–H and O–H groups in total.